The first-order valence-electron chi connectivity index (χ1n) is 6.23. The van der Waals surface area contributed by atoms with Crippen LogP contribution in [0.25, 0.3) is 6.08 Å². The fourth-order valence-corrected chi connectivity index (χ4v) is 2.52. The normalized spacial score (nSPS) is 20.8. The Hall–Kier alpha value is -1.08. The molecule has 0 aliphatic heterocycles. The van der Waals surface area contributed by atoms with Gasteiger partial charge in [0.1, 0.15) is 0 Å². The SMILES string of the molecule is C/C(=C\c1ccccc1)C1(N)CCCCC1. The van der Waals surface area contributed by atoms with E-state index in [0.717, 1.165) is 12.8 Å². The van der Waals surface area contributed by atoms with Crippen LogP contribution in [0.2, 0.25) is 0 Å². The molecule has 0 saturated heterocycles. The summed E-state index contributed by atoms with van der Waals surface area (Å²) in [5.41, 5.74) is 9.03. The van der Waals surface area contributed by atoms with Crippen molar-refractivity contribution >= 4 is 6.08 Å². The van der Waals surface area contributed by atoms with Crippen molar-refractivity contribution in [1.29, 1.82) is 0 Å². The Morgan fingerprint density at radius 1 is 1.12 bits per heavy atom. The standard InChI is InChI=1S/C15H21N/c1-13(12-14-8-4-2-5-9-14)15(16)10-6-3-7-11-15/h2,4-5,8-9,12H,3,6-7,10-11,16H2,1H3/b13-12+. The number of hydrogen-bond acceptors (Lipinski definition) is 1. The van der Waals surface area contributed by atoms with E-state index in [-0.39, 0.29) is 5.54 Å². The van der Waals surface area contributed by atoms with Crippen LogP contribution in [0, 0.1) is 0 Å². The lowest BCUT2D eigenvalue weighted by molar-refractivity contribution is 0.343. The fourth-order valence-electron chi connectivity index (χ4n) is 2.52. The molecule has 0 atom stereocenters. The summed E-state index contributed by atoms with van der Waals surface area (Å²) in [5.74, 6) is 0. The van der Waals surface area contributed by atoms with Gasteiger partial charge in [-0.25, -0.2) is 0 Å². The molecular formula is C15H21N. The third kappa shape index (κ3) is 2.53. The van der Waals surface area contributed by atoms with Gasteiger partial charge in [-0.1, -0.05) is 61.2 Å². The van der Waals surface area contributed by atoms with E-state index in [1.54, 1.807) is 0 Å². The van der Waals surface area contributed by atoms with Crippen molar-refractivity contribution in [2.24, 2.45) is 5.73 Å². The Kier molecular flexibility index (Phi) is 3.45. The first-order chi connectivity index (χ1) is 7.71. The maximum atomic E-state index is 6.48. The van der Waals surface area contributed by atoms with E-state index in [0.29, 0.717) is 0 Å². The average molecular weight is 215 g/mol. The lowest BCUT2D eigenvalue weighted by Gasteiger charge is -2.34. The summed E-state index contributed by atoms with van der Waals surface area (Å²) in [6.07, 6.45) is 8.42. The van der Waals surface area contributed by atoms with Gasteiger partial charge in [0.05, 0.1) is 0 Å². The number of nitrogens with two attached hydrogens (primary N) is 1. The van der Waals surface area contributed by atoms with Gasteiger partial charge >= 0.3 is 0 Å². The zero-order chi connectivity index (χ0) is 11.4. The highest BCUT2D eigenvalue weighted by atomic mass is 14.7. The Bertz CT molecular complexity index is 358. The highest BCUT2D eigenvalue weighted by Crippen LogP contribution is 2.32. The molecular weight excluding hydrogens is 194 g/mol. The minimum absolute atomic E-state index is 0.0475. The first-order valence-corrected chi connectivity index (χ1v) is 6.23. The maximum Gasteiger partial charge on any atom is 0.0369 e. The summed E-state index contributed by atoms with van der Waals surface area (Å²) in [7, 11) is 0. The summed E-state index contributed by atoms with van der Waals surface area (Å²) in [4.78, 5) is 0. The van der Waals surface area contributed by atoms with E-state index in [2.05, 4.69) is 37.3 Å². The van der Waals surface area contributed by atoms with Gasteiger partial charge in [0.25, 0.3) is 0 Å². The largest absolute Gasteiger partial charge is 0.322 e. The third-order valence-corrected chi connectivity index (χ3v) is 3.71. The molecule has 1 heteroatoms. The van der Waals surface area contributed by atoms with Gasteiger partial charge in [0.15, 0.2) is 0 Å². The van der Waals surface area contributed by atoms with Gasteiger partial charge in [-0.3, -0.25) is 0 Å². The van der Waals surface area contributed by atoms with Crippen molar-refractivity contribution < 1.29 is 0 Å². The van der Waals surface area contributed by atoms with Gasteiger partial charge in [-0.05, 0) is 25.3 Å². The predicted molar refractivity (Wildman–Crippen MR) is 70.1 cm³/mol. The van der Waals surface area contributed by atoms with Gasteiger partial charge in [-0.2, -0.15) is 0 Å². The molecule has 16 heavy (non-hydrogen) atoms. The molecule has 0 heterocycles. The van der Waals surface area contributed by atoms with Crippen LogP contribution in [0.3, 0.4) is 0 Å². The van der Waals surface area contributed by atoms with Gasteiger partial charge in [-0.15, -0.1) is 0 Å². The predicted octanol–water partition coefficient (Wildman–Crippen LogP) is 3.75. The average Bonchev–Trinajstić information content (AvgIpc) is 2.31. The monoisotopic (exact) mass is 215 g/mol. The zero-order valence-corrected chi connectivity index (χ0v) is 10.1. The molecule has 1 aromatic rings. The highest BCUT2D eigenvalue weighted by Gasteiger charge is 2.28. The molecule has 0 amide bonds. The van der Waals surface area contributed by atoms with Crippen LogP contribution in [-0.4, -0.2) is 5.54 Å². The second kappa shape index (κ2) is 4.84. The summed E-state index contributed by atoms with van der Waals surface area (Å²) in [6.45, 7) is 2.18. The van der Waals surface area contributed by atoms with Crippen molar-refractivity contribution in [2.45, 2.75) is 44.6 Å². The smallest absolute Gasteiger partial charge is 0.0369 e. The molecule has 2 rings (SSSR count). The van der Waals surface area contributed by atoms with E-state index in [4.69, 9.17) is 5.73 Å². The third-order valence-electron chi connectivity index (χ3n) is 3.71. The molecule has 2 N–H and O–H groups in total. The second-order valence-corrected chi connectivity index (χ2v) is 4.95. The highest BCUT2D eigenvalue weighted by molar-refractivity contribution is 5.54. The molecule has 1 aliphatic rings. The van der Waals surface area contributed by atoms with E-state index < -0.39 is 0 Å². The number of benzene rings is 1. The summed E-state index contributed by atoms with van der Waals surface area (Å²) < 4.78 is 0. The molecule has 0 aromatic heterocycles. The van der Waals surface area contributed by atoms with E-state index in [1.807, 2.05) is 6.07 Å². The van der Waals surface area contributed by atoms with Crippen LogP contribution in [0.5, 0.6) is 0 Å². The fraction of sp³-hybridized carbons (Fsp3) is 0.467. The molecule has 1 nitrogen and oxygen atoms in total. The molecule has 0 bridgehead atoms. The number of rotatable bonds is 2. The van der Waals surface area contributed by atoms with E-state index >= 15 is 0 Å². The Labute approximate surface area is 98.4 Å². The van der Waals surface area contributed by atoms with Crippen molar-refractivity contribution in [1.82, 2.24) is 0 Å². The van der Waals surface area contributed by atoms with Gasteiger partial charge in [0, 0.05) is 5.54 Å². The van der Waals surface area contributed by atoms with E-state index in [1.165, 1.54) is 30.4 Å². The first kappa shape index (κ1) is 11.4. The van der Waals surface area contributed by atoms with Gasteiger partial charge in [0.2, 0.25) is 0 Å². The lowest BCUT2D eigenvalue weighted by Crippen LogP contribution is -2.42. The molecule has 1 aromatic carbocycles. The lowest BCUT2D eigenvalue weighted by atomic mass is 9.77. The molecule has 86 valence electrons. The molecule has 0 spiro atoms. The van der Waals surface area contributed by atoms with Crippen LogP contribution < -0.4 is 5.73 Å². The van der Waals surface area contributed by atoms with E-state index in [9.17, 15) is 0 Å². The van der Waals surface area contributed by atoms with Crippen LogP contribution in [0.4, 0.5) is 0 Å². The number of hydrogen-bond donors (Lipinski definition) is 1. The summed E-state index contributed by atoms with van der Waals surface area (Å²) in [5, 5.41) is 0. The van der Waals surface area contributed by atoms with Crippen LogP contribution >= 0.6 is 0 Å². The van der Waals surface area contributed by atoms with Crippen LogP contribution in [-0.2, 0) is 0 Å². The maximum absolute atomic E-state index is 6.48. The molecule has 0 radical (unpaired) electrons. The van der Waals surface area contributed by atoms with Crippen molar-refractivity contribution in [3.05, 3.63) is 41.5 Å². The van der Waals surface area contributed by atoms with Crippen LogP contribution in [0.1, 0.15) is 44.6 Å². The quantitative estimate of drug-likeness (QED) is 0.799. The molecule has 1 aliphatic carbocycles. The molecule has 1 fully saturated rings. The zero-order valence-electron chi connectivity index (χ0n) is 10.1. The van der Waals surface area contributed by atoms with Crippen molar-refractivity contribution in [2.75, 3.05) is 0 Å². The van der Waals surface area contributed by atoms with Gasteiger partial charge < -0.3 is 5.73 Å². The minimum atomic E-state index is -0.0475. The topological polar surface area (TPSA) is 26.0 Å². The molecule has 1 saturated carbocycles. The Balaban J connectivity index is 2.17. The van der Waals surface area contributed by atoms with Crippen LogP contribution in [0.15, 0.2) is 35.9 Å². The summed E-state index contributed by atoms with van der Waals surface area (Å²) in [6, 6.07) is 10.5. The Morgan fingerprint density at radius 2 is 1.75 bits per heavy atom. The van der Waals surface area contributed by atoms with Crippen molar-refractivity contribution in [3.63, 3.8) is 0 Å². The Morgan fingerprint density at radius 3 is 2.38 bits per heavy atom. The second-order valence-electron chi connectivity index (χ2n) is 4.95. The molecule has 0 unspecified atom stereocenters. The minimum Gasteiger partial charge on any atom is -0.322 e. The van der Waals surface area contributed by atoms with Crippen molar-refractivity contribution in [3.8, 4) is 0 Å². The summed E-state index contributed by atoms with van der Waals surface area (Å²) >= 11 is 0.